The third-order valence-electron chi connectivity index (χ3n) is 4.40. The molecule has 0 aliphatic heterocycles. The lowest BCUT2D eigenvalue weighted by atomic mass is 10.1. The Labute approximate surface area is 167 Å². The topological polar surface area (TPSA) is 46.6 Å². The van der Waals surface area contributed by atoms with E-state index in [9.17, 15) is 31.5 Å². The van der Waals surface area contributed by atoms with Gasteiger partial charge in [-0.3, -0.25) is 9.59 Å². The molecule has 1 amide bonds. The standard InChI is InChI=1S/C20H26F5NO3/c1-3-4-5-6-7-8-9-10-11-29-13(27)12-26(2)20(28)14-15(21)17(23)19(25)18(24)16(14)22/h3-12H2,1-2H3. The third kappa shape index (κ3) is 7.29. The van der Waals surface area contributed by atoms with Crippen LogP contribution in [-0.2, 0) is 9.53 Å². The van der Waals surface area contributed by atoms with Crippen LogP contribution in [0.15, 0.2) is 0 Å². The van der Waals surface area contributed by atoms with Crippen LogP contribution in [0.1, 0.15) is 68.6 Å². The monoisotopic (exact) mass is 423 g/mol. The zero-order valence-electron chi connectivity index (χ0n) is 16.6. The van der Waals surface area contributed by atoms with Gasteiger partial charge in [-0.1, -0.05) is 51.9 Å². The quantitative estimate of drug-likeness (QED) is 0.154. The van der Waals surface area contributed by atoms with Crippen LogP contribution in [0.25, 0.3) is 0 Å². The summed E-state index contributed by atoms with van der Waals surface area (Å²) in [7, 11) is 0.998. The van der Waals surface area contributed by atoms with Crippen LogP contribution >= 0.6 is 0 Å². The van der Waals surface area contributed by atoms with Crippen molar-refractivity contribution in [1.29, 1.82) is 0 Å². The maximum Gasteiger partial charge on any atom is 0.325 e. The van der Waals surface area contributed by atoms with Gasteiger partial charge in [0.2, 0.25) is 5.82 Å². The van der Waals surface area contributed by atoms with Crippen LogP contribution in [-0.4, -0.2) is 37.0 Å². The smallest absolute Gasteiger partial charge is 0.325 e. The molecule has 0 spiro atoms. The minimum Gasteiger partial charge on any atom is -0.464 e. The van der Waals surface area contributed by atoms with Crippen LogP contribution in [0, 0.1) is 29.1 Å². The van der Waals surface area contributed by atoms with Gasteiger partial charge in [-0.25, -0.2) is 22.0 Å². The summed E-state index contributed by atoms with van der Waals surface area (Å²) in [4.78, 5) is 24.3. The lowest BCUT2D eigenvalue weighted by molar-refractivity contribution is -0.144. The minimum atomic E-state index is -2.36. The van der Waals surface area contributed by atoms with Crippen LogP contribution in [0.2, 0.25) is 0 Å². The zero-order chi connectivity index (χ0) is 22.0. The fourth-order valence-electron chi connectivity index (χ4n) is 2.72. The molecule has 0 saturated carbocycles. The van der Waals surface area contributed by atoms with E-state index in [2.05, 4.69) is 6.92 Å². The second-order valence-corrected chi connectivity index (χ2v) is 6.80. The van der Waals surface area contributed by atoms with Crippen molar-refractivity contribution in [3.8, 4) is 0 Å². The molecule has 0 aromatic heterocycles. The van der Waals surface area contributed by atoms with Gasteiger partial charge in [-0.05, 0) is 6.42 Å². The fraction of sp³-hybridized carbons (Fsp3) is 0.600. The van der Waals surface area contributed by atoms with Gasteiger partial charge in [0, 0.05) is 7.05 Å². The minimum absolute atomic E-state index is 0.123. The average molecular weight is 423 g/mol. The van der Waals surface area contributed by atoms with Crippen LogP contribution in [0.3, 0.4) is 0 Å². The maximum absolute atomic E-state index is 13.7. The van der Waals surface area contributed by atoms with Gasteiger partial charge < -0.3 is 9.64 Å². The molecule has 0 saturated heterocycles. The highest BCUT2D eigenvalue weighted by molar-refractivity contribution is 5.96. The lowest BCUT2D eigenvalue weighted by Crippen LogP contribution is -2.34. The number of nitrogens with zero attached hydrogens (tertiary/aromatic N) is 1. The molecule has 1 aromatic rings. The summed E-state index contributed by atoms with van der Waals surface area (Å²) in [5, 5.41) is 0. The van der Waals surface area contributed by atoms with E-state index in [1.165, 1.54) is 19.3 Å². The molecule has 0 fully saturated rings. The number of esters is 1. The lowest BCUT2D eigenvalue weighted by Gasteiger charge is -2.17. The van der Waals surface area contributed by atoms with Crippen molar-refractivity contribution in [3.05, 3.63) is 34.6 Å². The SMILES string of the molecule is CCCCCCCCCCOC(=O)CN(C)C(=O)c1c(F)c(F)c(F)c(F)c1F. The van der Waals surface area contributed by atoms with Crippen molar-refractivity contribution < 1.29 is 36.3 Å². The molecule has 1 rings (SSSR count). The molecule has 0 aliphatic rings. The Bertz CT molecular complexity index is 683. The molecule has 0 heterocycles. The second kappa shape index (κ2) is 12.4. The van der Waals surface area contributed by atoms with Crippen LogP contribution < -0.4 is 0 Å². The van der Waals surface area contributed by atoms with Gasteiger partial charge in [0.05, 0.1) is 6.61 Å². The summed E-state index contributed by atoms with van der Waals surface area (Å²) in [6.45, 7) is 1.58. The number of likely N-dealkylation sites (N-methyl/N-ethyl adjacent to an activating group) is 1. The highest BCUT2D eigenvalue weighted by atomic mass is 19.2. The van der Waals surface area contributed by atoms with E-state index in [0.717, 1.165) is 32.7 Å². The number of unbranched alkanes of at least 4 members (excludes halogenated alkanes) is 7. The summed E-state index contributed by atoms with van der Waals surface area (Å²) in [6, 6.07) is 0. The molecule has 0 radical (unpaired) electrons. The van der Waals surface area contributed by atoms with E-state index in [0.29, 0.717) is 11.3 Å². The summed E-state index contributed by atoms with van der Waals surface area (Å²) in [5.41, 5.74) is -1.61. The van der Waals surface area contributed by atoms with Crippen molar-refractivity contribution in [2.75, 3.05) is 20.2 Å². The van der Waals surface area contributed by atoms with Crippen LogP contribution in [0.4, 0.5) is 22.0 Å². The van der Waals surface area contributed by atoms with Crippen molar-refractivity contribution in [1.82, 2.24) is 4.90 Å². The van der Waals surface area contributed by atoms with E-state index < -0.39 is 53.1 Å². The first kappa shape index (κ1) is 24.8. The number of amides is 1. The predicted molar refractivity (Wildman–Crippen MR) is 96.8 cm³/mol. The Kier molecular flexibility index (Phi) is 10.6. The van der Waals surface area contributed by atoms with Crippen molar-refractivity contribution in [2.45, 2.75) is 58.3 Å². The van der Waals surface area contributed by atoms with Gasteiger partial charge in [0.15, 0.2) is 23.3 Å². The largest absolute Gasteiger partial charge is 0.464 e. The Morgan fingerprint density at radius 1 is 0.759 bits per heavy atom. The van der Waals surface area contributed by atoms with Gasteiger partial charge in [0.25, 0.3) is 5.91 Å². The number of halogens is 5. The van der Waals surface area contributed by atoms with E-state index >= 15 is 0 Å². The summed E-state index contributed by atoms with van der Waals surface area (Å²) in [5.74, 6) is -13.6. The normalized spacial score (nSPS) is 10.9. The third-order valence-corrected chi connectivity index (χ3v) is 4.40. The number of rotatable bonds is 12. The van der Waals surface area contributed by atoms with Gasteiger partial charge in [-0.15, -0.1) is 0 Å². The molecule has 1 aromatic carbocycles. The molecular formula is C20H26F5NO3. The Morgan fingerprint density at radius 3 is 1.72 bits per heavy atom. The second-order valence-electron chi connectivity index (χ2n) is 6.80. The summed E-state index contributed by atoms with van der Waals surface area (Å²) < 4.78 is 71.8. The van der Waals surface area contributed by atoms with Crippen molar-refractivity contribution in [2.24, 2.45) is 0 Å². The summed E-state index contributed by atoms with van der Waals surface area (Å²) >= 11 is 0. The highest BCUT2D eigenvalue weighted by Gasteiger charge is 2.31. The Balaban J connectivity index is 2.45. The predicted octanol–water partition coefficient (Wildman–Crippen LogP) is 5.14. The first-order chi connectivity index (χ1) is 13.7. The van der Waals surface area contributed by atoms with Crippen LogP contribution in [0.5, 0.6) is 0 Å². The molecule has 164 valence electrons. The van der Waals surface area contributed by atoms with E-state index in [4.69, 9.17) is 4.74 Å². The Morgan fingerprint density at radius 2 is 1.21 bits per heavy atom. The van der Waals surface area contributed by atoms with Crippen molar-refractivity contribution >= 4 is 11.9 Å². The number of benzene rings is 1. The number of hydrogen-bond donors (Lipinski definition) is 0. The maximum atomic E-state index is 13.7. The first-order valence-corrected chi connectivity index (χ1v) is 9.64. The molecule has 0 N–H and O–H groups in total. The number of carbonyl (C=O) groups is 2. The van der Waals surface area contributed by atoms with Crippen molar-refractivity contribution in [3.63, 3.8) is 0 Å². The number of carbonyl (C=O) groups excluding carboxylic acids is 2. The van der Waals surface area contributed by atoms with E-state index in [1.807, 2.05) is 0 Å². The Hall–Kier alpha value is -2.19. The summed E-state index contributed by atoms with van der Waals surface area (Å²) in [6.07, 6.45) is 8.39. The number of ether oxygens (including phenoxy) is 1. The van der Waals surface area contributed by atoms with Gasteiger partial charge >= 0.3 is 5.97 Å². The highest BCUT2D eigenvalue weighted by Crippen LogP contribution is 2.24. The first-order valence-electron chi connectivity index (χ1n) is 9.64. The zero-order valence-corrected chi connectivity index (χ0v) is 16.6. The molecule has 9 heteroatoms. The molecule has 4 nitrogen and oxygen atoms in total. The molecular weight excluding hydrogens is 397 g/mol. The van der Waals surface area contributed by atoms with Gasteiger partial charge in [-0.2, -0.15) is 0 Å². The molecule has 0 unspecified atom stereocenters. The molecule has 0 bridgehead atoms. The fourth-order valence-corrected chi connectivity index (χ4v) is 2.72. The number of hydrogen-bond acceptors (Lipinski definition) is 3. The van der Waals surface area contributed by atoms with E-state index in [1.54, 1.807) is 0 Å². The average Bonchev–Trinajstić information content (AvgIpc) is 2.69. The molecule has 0 aliphatic carbocycles. The molecule has 29 heavy (non-hydrogen) atoms. The van der Waals surface area contributed by atoms with Gasteiger partial charge in [0.1, 0.15) is 12.1 Å². The van der Waals surface area contributed by atoms with E-state index in [-0.39, 0.29) is 6.61 Å². The molecule has 0 atom stereocenters.